The fourth-order valence-corrected chi connectivity index (χ4v) is 1.49. The summed E-state index contributed by atoms with van der Waals surface area (Å²) in [6.45, 7) is 8.11. The molecular weight excluding hydrogens is 228 g/mol. The smallest absolute Gasteiger partial charge is 0.407 e. The van der Waals surface area contributed by atoms with Gasteiger partial charge in [0.1, 0.15) is 5.60 Å². The third-order valence-electron chi connectivity index (χ3n) is 2.46. The Hall–Kier alpha value is -1.71. The summed E-state index contributed by atoms with van der Waals surface area (Å²) < 4.78 is 5.17. The van der Waals surface area contributed by atoms with Gasteiger partial charge in [-0.05, 0) is 44.4 Å². The standard InChI is InChI=1S/C14H22N2O2/c1-10(11-5-7-12(15)8-6-11)9-16-13(17)18-14(2,3)4/h5-8,10H,9,15H2,1-4H3,(H,16,17). The average molecular weight is 250 g/mol. The van der Waals surface area contributed by atoms with Gasteiger partial charge in [-0.25, -0.2) is 4.79 Å². The second-order valence-corrected chi connectivity index (χ2v) is 5.45. The fraction of sp³-hybridized carbons (Fsp3) is 0.500. The van der Waals surface area contributed by atoms with Gasteiger partial charge in [0.25, 0.3) is 0 Å². The average Bonchev–Trinajstić information content (AvgIpc) is 2.24. The topological polar surface area (TPSA) is 64.3 Å². The van der Waals surface area contributed by atoms with E-state index in [0.717, 1.165) is 11.3 Å². The van der Waals surface area contributed by atoms with Crippen LogP contribution >= 0.6 is 0 Å². The summed E-state index contributed by atoms with van der Waals surface area (Å²) >= 11 is 0. The van der Waals surface area contributed by atoms with Crippen LogP contribution in [0.4, 0.5) is 10.5 Å². The number of carbonyl (C=O) groups excluding carboxylic acids is 1. The molecule has 0 aliphatic rings. The van der Waals surface area contributed by atoms with Gasteiger partial charge in [0.2, 0.25) is 0 Å². The number of rotatable bonds is 3. The van der Waals surface area contributed by atoms with Gasteiger partial charge in [0, 0.05) is 12.2 Å². The molecule has 0 bridgehead atoms. The Labute approximate surface area is 109 Å². The normalized spacial score (nSPS) is 12.9. The predicted octanol–water partition coefficient (Wildman–Crippen LogP) is 2.90. The molecule has 18 heavy (non-hydrogen) atoms. The van der Waals surface area contributed by atoms with Crippen molar-refractivity contribution >= 4 is 11.8 Å². The van der Waals surface area contributed by atoms with Crippen molar-refractivity contribution in [3.63, 3.8) is 0 Å². The molecule has 0 aromatic heterocycles. The minimum atomic E-state index is -0.464. The monoisotopic (exact) mass is 250 g/mol. The first kappa shape index (κ1) is 14.4. The van der Waals surface area contributed by atoms with E-state index in [2.05, 4.69) is 5.32 Å². The van der Waals surface area contributed by atoms with E-state index in [0.29, 0.717) is 6.54 Å². The number of benzene rings is 1. The maximum Gasteiger partial charge on any atom is 0.407 e. The number of nitrogens with two attached hydrogens (primary N) is 1. The number of anilines is 1. The first-order valence-corrected chi connectivity index (χ1v) is 6.10. The number of hydrogen-bond donors (Lipinski definition) is 2. The number of carbonyl (C=O) groups is 1. The molecule has 0 radical (unpaired) electrons. The Morgan fingerprint density at radius 2 is 1.89 bits per heavy atom. The molecule has 100 valence electrons. The molecule has 0 aliphatic heterocycles. The van der Waals surface area contributed by atoms with Crippen molar-refractivity contribution in [1.82, 2.24) is 5.32 Å². The molecule has 1 rings (SSSR count). The minimum Gasteiger partial charge on any atom is -0.444 e. The lowest BCUT2D eigenvalue weighted by molar-refractivity contribution is 0.0525. The highest BCUT2D eigenvalue weighted by Gasteiger charge is 2.16. The molecule has 0 heterocycles. The zero-order valence-electron chi connectivity index (χ0n) is 11.5. The van der Waals surface area contributed by atoms with Crippen LogP contribution in [0.3, 0.4) is 0 Å². The molecule has 0 spiro atoms. The van der Waals surface area contributed by atoms with Crippen LogP contribution in [0.25, 0.3) is 0 Å². The van der Waals surface area contributed by atoms with E-state index in [4.69, 9.17) is 10.5 Å². The van der Waals surface area contributed by atoms with Crippen molar-refractivity contribution in [1.29, 1.82) is 0 Å². The molecule has 1 aromatic rings. The van der Waals surface area contributed by atoms with Crippen molar-refractivity contribution in [2.75, 3.05) is 12.3 Å². The van der Waals surface area contributed by atoms with E-state index in [9.17, 15) is 4.79 Å². The van der Waals surface area contributed by atoms with E-state index in [1.165, 1.54) is 0 Å². The molecule has 0 fully saturated rings. The molecule has 4 nitrogen and oxygen atoms in total. The lowest BCUT2D eigenvalue weighted by atomic mass is 10.0. The molecule has 3 N–H and O–H groups in total. The summed E-state index contributed by atoms with van der Waals surface area (Å²) in [5.74, 6) is 0.220. The molecule has 4 heteroatoms. The maximum atomic E-state index is 11.5. The van der Waals surface area contributed by atoms with E-state index >= 15 is 0 Å². The summed E-state index contributed by atoms with van der Waals surface area (Å²) in [4.78, 5) is 11.5. The van der Waals surface area contributed by atoms with Gasteiger partial charge in [0.15, 0.2) is 0 Å². The Kier molecular flexibility index (Phi) is 4.59. The molecule has 1 aromatic carbocycles. The third kappa shape index (κ3) is 5.08. The third-order valence-corrected chi connectivity index (χ3v) is 2.46. The zero-order chi connectivity index (χ0) is 13.8. The Bertz CT molecular complexity index is 393. The van der Waals surface area contributed by atoms with Gasteiger partial charge in [-0.2, -0.15) is 0 Å². The highest BCUT2D eigenvalue weighted by Crippen LogP contribution is 2.16. The number of alkyl carbamates (subject to hydrolysis) is 1. The lowest BCUT2D eigenvalue weighted by Gasteiger charge is -2.21. The SMILES string of the molecule is CC(CNC(=O)OC(C)(C)C)c1ccc(N)cc1. The largest absolute Gasteiger partial charge is 0.444 e. The number of nitrogens with one attached hydrogen (secondary N) is 1. The molecule has 1 unspecified atom stereocenters. The molecular formula is C14H22N2O2. The van der Waals surface area contributed by atoms with E-state index < -0.39 is 5.60 Å². The number of ether oxygens (including phenoxy) is 1. The second kappa shape index (κ2) is 5.76. The van der Waals surface area contributed by atoms with Crippen molar-refractivity contribution in [3.05, 3.63) is 29.8 Å². The number of amides is 1. The summed E-state index contributed by atoms with van der Waals surface area (Å²) in [7, 11) is 0. The quantitative estimate of drug-likeness (QED) is 0.811. The summed E-state index contributed by atoms with van der Waals surface area (Å²) in [6.07, 6.45) is -0.384. The lowest BCUT2D eigenvalue weighted by Crippen LogP contribution is -2.34. The van der Waals surface area contributed by atoms with Crippen molar-refractivity contribution in [2.45, 2.75) is 39.2 Å². The number of hydrogen-bond acceptors (Lipinski definition) is 3. The first-order chi connectivity index (χ1) is 8.28. The number of nitrogen functional groups attached to an aromatic ring is 1. The Morgan fingerprint density at radius 1 is 1.33 bits per heavy atom. The highest BCUT2D eigenvalue weighted by atomic mass is 16.6. The van der Waals surface area contributed by atoms with Gasteiger partial charge in [0.05, 0.1) is 0 Å². The van der Waals surface area contributed by atoms with Crippen LogP contribution in [-0.4, -0.2) is 18.2 Å². The van der Waals surface area contributed by atoms with Crippen LogP contribution in [0.2, 0.25) is 0 Å². The van der Waals surface area contributed by atoms with Crippen LogP contribution in [-0.2, 0) is 4.74 Å². The first-order valence-electron chi connectivity index (χ1n) is 6.10. The summed E-state index contributed by atoms with van der Waals surface area (Å²) in [5, 5.41) is 2.76. The van der Waals surface area contributed by atoms with Crippen LogP contribution in [0.1, 0.15) is 39.2 Å². The molecule has 1 atom stereocenters. The van der Waals surface area contributed by atoms with Gasteiger partial charge >= 0.3 is 6.09 Å². The predicted molar refractivity (Wildman–Crippen MR) is 73.5 cm³/mol. The van der Waals surface area contributed by atoms with Crippen LogP contribution in [0.5, 0.6) is 0 Å². The van der Waals surface area contributed by atoms with E-state index in [-0.39, 0.29) is 12.0 Å². The highest BCUT2D eigenvalue weighted by molar-refractivity contribution is 5.67. The molecule has 0 saturated heterocycles. The van der Waals surface area contributed by atoms with E-state index in [1.807, 2.05) is 52.0 Å². The Morgan fingerprint density at radius 3 is 2.39 bits per heavy atom. The summed E-state index contributed by atoms with van der Waals surface area (Å²) in [6, 6.07) is 7.66. The molecule has 0 saturated carbocycles. The van der Waals surface area contributed by atoms with Gasteiger partial charge in [-0.1, -0.05) is 19.1 Å². The minimum absolute atomic E-state index is 0.220. The molecule has 0 aliphatic carbocycles. The van der Waals surface area contributed by atoms with Crippen molar-refractivity contribution < 1.29 is 9.53 Å². The zero-order valence-corrected chi connectivity index (χ0v) is 11.5. The van der Waals surface area contributed by atoms with Gasteiger partial charge in [-0.15, -0.1) is 0 Å². The van der Waals surface area contributed by atoms with Crippen molar-refractivity contribution in [2.24, 2.45) is 0 Å². The second-order valence-electron chi connectivity index (χ2n) is 5.45. The van der Waals surface area contributed by atoms with Crippen molar-refractivity contribution in [3.8, 4) is 0 Å². The van der Waals surface area contributed by atoms with Gasteiger partial charge < -0.3 is 15.8 Å². The van der Waals surface area contributed by atoms with Gasteiger partial charge in [-0.3, -0.25) is 0 Å². The molecule has 1 amide bonds. The van der Waals surface area contributed by atoms with Crippen LogP contribution < -0.4 is 11.1 Å². The van der Waals surface area contributed by atoms with E-state index in [1.54, 1.807) is 0 Å². The maximum absolute atomic E-state index is 11.5. The van der Waals surface area contributed by atoms with Crippen LogP contribution in [0.15, 0.2) is 24.3 Å². The fourth-order valence-electron chi connectivity index (χ4n) is 1.49. The Balaban J connectivity index is 2.44. The summed E-state index contributed by atoms with van der Waals surface area (Å²) in [5.41, 5.74) is 7.05. The van der Waals surface area contributed by atoms with Crippen LogP contribution in [0, 0.1) is 0 Å².